The molecule has 90 valence electrons. The van der Waals surface area contributed by atoms with Crippen molar-refractivity contribution in [2.45, 2.75) is 46.1 Å². The standard InChI is InChI=1S/C14H24N2/c1-4-12-7-6-8-13(5-2)14(12)16-11(3)9-10-15/h6-8,11,16H,4-5,9-10,15H2,1-3H3. The first-order valence-corrected chi connectivity index (χ1v) is 6.30. The molecule has 2 nitrogen and oxygen atoms in total. The van der Waals surface area contributed by atoms with Gasteiger partial charge in [0.1, 0.15) is 0 Å². The highest BCUT2D eigenvalue weighted by Crippen LogP contribution is 2.23. The van der Waals surface area contributed by atoms with E-state index in [1.54, 1.807) is 0 Å². The lowest BCUT2D eigenvalue weighted by atomic mass is 10.0. The van der Waals surface area contributed by atoms with Gasteiger partial charge in [-0.3, -0.25) is 0 Å². The maximum Gasteiger partial charge on any atom is 0.0407 e. The molecule has 2 heteroatoms. The second kappa shape index (κ2) is 6.54. The van der Waals surface area contributed by atoms with E-state index in [2.05, 4.69) is 44.3 Å². The van der Waals surface area contributed by atoms with Crippen LogP contribution in [0, 0.1) is 0 Å². The molecule has 0 aromatic heterocycles. The van der Waals surface area contributed by atoms with Gasteiger partial charge in [-0.25, -0.2) is 0 Å². The van der Waals surface area contributed by atoms with Gasteiger partial charge in [0.15, 0.2) is 0 Å². The van der Waals surface area contributed by atoms with Gasteiger partial charge >= 0.3 is 0 Å². The smallest absolute Gasteiger partial charge is 0.0407 e. The van der Waals surface area contributed by atoms with Gasteiger partial charge in [0.05, 0.1) is 0 Å². The average molecular weight is 220 g/mol. The van der Waals surface area contributed by atoms with Gasteiger partial charge in [-0.1, -0.05) is 32.0 Å². The van der Waals surface area contributed by atoms with Crippen LogP contribution in [0.5, 0.6) is 0 Å². The van der Waals surface area contributed by atoms with Crippen molar-refractivity contribution in [3.63, 3.8) is 0 Å². The summed E-state index contributed by atoms with van der Waals surface area (Å²) in [6.07, 6.45) is 3.16. The summed E-state index contributed by atoms with van der Waals surface area (Å²) in [4.78, 5) is 0. The Morgan fingerprint density at radius 3 is 2.19 bits per heavy atom. The van der Waals surface area contributed by atoms with E-state index in [0.29, 0.717) is 6.04 Å². The maximum atomic E-state index is 5.58. The summed E-state index contributed by atoms with van der Waals surface area (Å²) in [5.74, 6) is 0. The van der Waals surface area contributed by atoms with Gasteiger partial charge in [0, 0.05) is 11.7 Å². The van der Waals surface area contributed by atoms with E-state index >= 15 is 0 Å². The van der Waals surface area contributed by atoms with Crippen molar-refractivity contribution in [1.82, 2.24) is 0 Å². The van der Waals surface area contributed by atoms with Gasteiger partial charge in [-0.2, -0.15) is 0 Å². The number of aryl methyl sites for hydroxylation is 2. The van der Waals surface area contributed by atoms with Crippen molar-refractivity contribution in [1.29, 1.82) is 0 Å². The zero-order chi connectivity index (χ0) is 12.0. The number of hydrogen-bond acceptors (Lipinski definition) is 2. The molecule has 0 amide bonds. The van der Waals surface area contributed by atoms with Crippen molar-refractivity contribution in [2.75, 3.05) is 11.9 Å². The van der Waals surface area contributed by atoms with Crippen LogP contribution in [0.2, 0.25) is 0 Å². The first-order chi connectivity index (χ1) is 7.72. The minimum atomic E-state index is 0.447. The molecule has 0 saturated heterocycles. The lowest BCUT2D eigenvalue weighted by molar-refractivity contribution is 0.714. The van der Waals surface area contributed by atoms with E-state index in [0.717, 1.165) is 25.8 Å². The van der Waals surface area contributed by atoms with Gasteiger partial charge in [-0.15, -0.1) is 0 Å². The molecule has 1 rings (SSSR count). The highest BCUT2D eigenvalue weighted by Gasteiger charge is 2.08. The largest absolute Gasteiger partial charge is 0.382 e. The molecule has 0 aliphatic rings. The Bertz CT molecular complexity index is 298. The third kappa shape index (κ3) is 3.24. The van der Waals surface area contributed by atoms with E-state index in [1.807, 2.05) is 0 Å². The van der Waals surface area contributed by atoms with Crippen LogP contribution in [0.1, 0.15) is 38.3 Å². The molecule has 0 heterocycles. The molecule has 16 heavy (non-hydrogen) atoms. The molecule has 0 aliphatic carbocycles. The number of para-hydroxylation sites is 1. The fraction of sp³-hybridized carbons (Fsp3) is 0.571. The first kappa shape index (κ1) is 13.0. The molecule has 0 aliphatic heterocycles. The lowest BCUT2D eigenvalue weighted by Crippen LogP contribution is -2.21. The summed E-state index contributed by atoms with van der Waals surface area (Å²) in [5.41, 5.74) is 9.72. The quantitative estimate of drug-likeness (QED) is 0.773. The lowest BCUT2D eigenvalue weighted by Gasteiger charge is -2.20. The molecule has 1 unspecified atom stereocenters. The predicted molar refractivity (Wildman–Crippen MR) is 72.0 cm³/mol. The van der Waals surface area contributed by atoms with Gasteiger partial charge < -0.3 is 11.1 Å². The number of hydrogen-bond donors (Lipinski definition) is 2. The topological polar surface area (TPSA) is 38.0 Å². The summed E-state index contributed by atoms with van der Waals surface area (Å²) in [7, 11) is 0. The Labute approximate surface area is 99.2 Å². The van der Waals surface area contributed by atoms with Crippen LogP contribution in [-0.4, -0.2) is 12.6 Å². The second-order valence-corrected chi connectivity index (χ2v) is 4.28. The third-order valence-electron chi connectivity index (χ3n) is 2.99. The summed E-state index contributed by atoms with van der Waals surface area (Å²) in [6.45, 7) is 7.34. The van der Waals surface area contributed by atoms with Crippen LogP contribution >= 0.6 is 0 Å². The van der Waals surface area contributed by atoms with Crippen molar-refractivity contribution in [3.8, 4) is 0 Å². The molecule has 0 spiro atoms. The Morgan fingerprint density at radius 2 is 1.75 bits per heavy atom. The minimum absolute atomic E-state index is 0.447. The molecule has 3 N–H and O–H groups in total. The van der Waals surface area contributed by atoms with E-state index < -0.39 is 0 Å². The van der Waals surface area contributed by atoms with Crippen molar-refractivity contribution < 1.29 is 0 Å². The summed E-state index contributed by atoms with van der Waals surface area (Å²) < 4.78 is 0. The number of nitrogens with one attached hydrogen (secondary N) is 1. The Morgan fingerprint density at radius 1 is 1.19 bits per heavy atom. The first-order valence-electron chi connectivity index (χ1n) is 6.30. The van der Waals surface area contributed by atoms with Crippen molar-refractivity contribution in [3.05, 3.63) is 29.3 Å². The fourth-order valence-electron chi connectivity index (χ4n) is 2.00. The SMILES string of the molecule is CCc1cccc(CC)c1NC(C)CCN. The molecule has 1 atom stereocenters. The van der Waals surface area contributed by atoms with Crippen molar-refractivity contribution in [2.24, 2.45) is 5.73 Å². The molecular weight excluding hydrogens is 196 g/mol. The van der Waals surface area contributed by atoms with E-state index in [-0.39, 0.29) is 0 Å². The predicted octanol–water partition coefficient (Wildman–Crippen LogP) is 2.96. The Hall–Kier alpha value is -1.02. The molecule has 1 aromatic carbocycles. The maximum absolute atomic E-state index is 5.58. The second-order valence-electron chi connectivity index (χ2n) is 4.28. The molecule has 0 fully saturated rings. The normalized spacial score (nSPS) is 12.5. The molecule has 0 radical (unpaired) electrons. The van der Waals surface area contributed by atoms with Crippen LogP contribution in [0.15, 0.2) is 18.2 Å². The minimum Gasteiger partial charge on any atom is -0.382 e. The number of anilines is 1. The highest BCUT2D eigenvalue weighted by atomic mass is 14.9. The number of benzene rings is 1. The molecular formula is C14H24N2. The number of nitrogens with two attached hydrogens (primary N) is 1. The van der Waals surface area contributed by atoms with Crippen LogP contribution in [0.3, 0.4) is 0 Å². The fourth-order valence-corrected chi connectivity index (χ4v) is 2.00. The number of rotatable bonds is 6. The molecule has 0 saturated carbocycles. The molecule has 1 aromatic rings. The van der Waals surface area contributed by atoms with Gasteiger partial charge in [0.25, 0.3) is 0 Å². The monoisotopic (exact) mass is 220 g/mol. The summed E-state index contributed by atoms with van der Waals surface area (Å²) in [5, 5.41) is 3.60. The molecule has 0 bridgehead atoms. The van der Waals surface area contributed by atoms with Crippen molar-refractivity contribution >= 4 is 5.69 Å². The Balaban J connectivity index is 2.90. The third-order valence-corrected chi connectivity index (χ3v) is 2.99. The highest BCUT2D eigenvalue weighted by molar-refractivity contribution is 5.58. The summed E-state index contributed by atoms with van der Waals surface area (Å²) >= 11 is 0. The van der Waals surface area contributed by atoms with Crippen LogP contribution in [0.25, 0.3) is 0 Å². The van der Waals surface area contributed by atoms with E-state index in [9.17, 15) is 0 Å². The Kier molecular flexibility index (Phi) is 5.33. The van der Waals surface area contributed by atoms with Gasteiger partial charge in [-0.05, 0) is 43.9 Å². The van der Waals surface area contributed by atoms with Crippen LogP contribution in [0.4, 0.5) is 5.69 Å². The van der Waals surface area contributed by atoms with E-state index in [4.69, 9.17) is 5.73 Å². The average Bonchev–Trinajstić information content (AvgIpc) is 2.29. The van der Waals surface area contributed by atoms with Gasteiger partial charge in [0.2, 0.25) is 0 Å². The van der Waals surface area contributed by atoms with Crippen LogP contribution in [-0.2, 0) is 12.8 Å². The zero-order valence-electron chi connectivity index (χ0n) is 10.7. The van der Waals surface area contributed by atoms with Crippen LogP contribution < -0.4 is 11.1 Å². The zero-order valence-corrected chi connectivity index (χ0v) is 10.7. The summed E-state index contributed by atoms with van der Waals surface area (Å²) in [6, 6.07) is 7.01. The van der Waals surface area contributed by atoms with E-state index in [1.165, 1.54) is 16.8 Å².